The molecule has 1 N–H and O–H groups in total. The van der Waals surface area contributed by atoms with Gasteiger partial charge < -0.3 is 14.7 Å². The maximum Gasteiger partial charge on any atom is 0.226 e. The molecule has 0 aromatic carbocycles. The van der Waals surface area contributed by atoms with Crippen LogP contribution in [0.5, 0.6) is 0 Å². The second-order valence-electron chi connectivity index (χ2n) is 5.33. The van der Waals surface area contributed by atoms with Crippen LogP contribution in [-0.2, 0) is 11.2 Å². The van der Waals surface area contributed by atoms with E-state index in [2.05, 4.69) is 15.5 Å². The van der Waals surface area contributed by atoms with Crippen LogP contribution in [0.15, 0.2) is 22.0 Å². The Morgan fingerprint density at radius 3 is 3.13 bits per heavy atom. The molecule has 0 saturated carbocycles. The van der Waals surface area contributed by atoms with Gasteiger partial charge in [0.25, 0.3) is 0 Å². The molecule has 1 saturated heterocycles. The average molecular weight is 357 g/mol. The van der Waals surface area contributed by atoms with Crippen LogP contribution in [0, 0.1) is 0 Å². The Balaban J connectivity index is 0.00000192. The highest BCUT2D eigenvalue weighted by atomic mass is 35.5. The minimum absolute atomic E-state index is 0. The van der Waals surface area contributed by atoms with E-state index in [4.69, 9.17) is 4.52 Å². The topological polar surface area (TPSA) is 71.3 Å². The number of amides is 1. The molecule has 2 aromatic rings. The number of hydrogen-bond acceptors (Lipinski definition) is 6. The Morgan fingerprint density at radius 1 is 1.39 bits per heavy atom. The molecular formula is C15H21ClN4O2S. The molecule has 1 aliphatic heterocycles. The van der Waals surface area contributed by atoms with E-state index < -0.39 is 0 Å². The summed E-state index contributed by atoms with van der Waals surface area (Å²) >= 11 is 1.59. The maximum atomic E-state index is 12.2. The molecule has 0 radical (unpaired) electrons. The number of aryl methyl sites for hydroxylation is 1. The molecule has 1 amide bonds. The molecule has 0 aliphatic carbocycles. The number of carbonyl (C=O) groups excluding carboxylic acids is 1. The zero-order valence-corrected chi connectivity index (χ0v) is 14.5. The first-order valence-electron chi connectivity index (χ1n) is 7.68. The molecule has 6 nitrogen and oxygen atoms in total. The number of thiophene rings is 1. The summed E-state index contributed by atoms with van der Waals surface area (Å²) in [6, 6.07) is 3.93. The van der Waals surface area contributed by atoms with Crippen LogP contribution < -0.4 is 5.32 Å². The fraction of sp³-hybridized carbons (Fsp3) is 0.533. The van der Waals surface area contributed by atoms with Crippen molar-refractivity contribution < 1.29 is 9.32 Å². The van der Waals surface area contributed by atoms with Gasteiger partial charge in [-0.1, -0.05) is 11.2 Å². The van der Waals surface area contributed by atoms with Gasteiger partial charge in [-0.2, -0.15) is 4.98 Å². The van der Waals surface area contributed by atoms with E-state index in [1.54, 1.807) is 11.3 Å². The number of nitrogens with zero attached hydrogens (tertiary/aromatic N) is 3. The van der Waals surface area contributed by atoms with Crippen molar-refractivity contribution in [2.75, 3.05) is 26.2 Å². The van der Waals surface area contributed by atoms with Gasteiger partial charge in [-0.05, 0) is 30.8 Å². The lowest BCUT2D eigenvalue weighted by molar-refractivity contribution is -0.131. The third kappa shape index (κ3) is 5.02. The fourth-order valence-electron chi connectivity index (χ4n) is 2.51. The molecule has 0 spiro atoms. The predicted molar refractivity (Wildman–Crippen MR) is 91.9 cm³/mol. The first kappa shape index (κ1) is 17.9. The molecule has 3 rings (SSSR count). The summed E-state index contributed by atoms with van der Waals surface area (Å²) < 4.78 is 5.25. The number of carbonyl (C=O) groups is 1. The summed E-state index contributed by atoms with van der Waals surface area (Å²) in [7, 11) is 0. The van der Waals surface area contributed by atoms with Crippen LogP contribution in [0.2, 0.25) is 0 Å². The van der Waals surface area contributed by atoms with Crippen LogP contribution in [0.3, 0.4) is 0 Å². The summed E-state index contributed by atoms with van der Waals surface area (Å²) in [4.78, 5) is 19.5. The largest absolute Gasteiger partial charge is 0.341 e. The first-order chi connectivity index (χ1) is 10.8. The lowest BCUT2D eigenvalue weighted by Gasteiger charge is -2.19. The quantitative estimate of drug-likeness (QED) is 0.890. The predicted octanol–water partition coefficient (Wildman–Crippen LogP) is 2.36. The van der Waals surface area contributed by atoms with Crippen molar-refractivity contribution in [1.29, 1.82) is 0 Å². The molecule has 3 heterocycles. The van der Waals surface area contributed by atoms with E-state index in [0.29, 0.717) is 24.6 Å². The summed E-state index contributed by atoms with van der Waals surface area (Å²) in [6.07, 6.45) is 2.96. The highest BCUT2D eigenvalue weighted by Crippen LogP contribution is 2.21. The van der Waals surface area contributed by atoms with Crippen molar-refractivity contribution >= 4 is 29.7 Å². The highest BCUT2D eigenvalue weighted by molar-refractivity contribution is 7.13. The van der Waals surface area contributed by atoms with Gasteiger partial charge in [0.05, 0.1) is 4.88 Å². The van der Waals surface area contributed by atoms with Gasteiger partial charge >= 0.3 is 0 Å². The van der Waals surface area contributed by atoms with E-state index in [1.165, 1.54) is 0 Å². The van der Waals surface area contributed by atoms with E-state index >= 15 is 0 Å². The standard InChI is InChI=1S/C15H20N4O2S.ClH/c20-14(19-9-3-7-16-8-10-19)6-1-5-13-17-15(18-21-13)12-4-2-11-22-12;/h2,4,11,16H,1,3,5-10H2;1H. The third-order valence-corrected chi connectivity index (χ3v) is 4.55. The number of nitrogens with one attached hydrogen (secondary N) is 1. The minimum Gasteiger partial charge on any atom is -0.341 e. The molecule has 8 heteroatoms. The van der Waals surface area contributed by atoms with Crippen LogP contribution in [0.25, 0.3) is 10.7 Å². The number of hydrogen-bond donors (Lipinski definition) is 1. The maximum absolute atomic E-state index is 12.2. The first-order valence-corrected chi connectivity index (χ1v) is 8.56. The van der Waals surface area contributed by atoms with Gasteiger partial charge in [-0.3, -0.25) is 4.79 Å². The summed E-state index contributed by atoms with van der Waals surface area (Å²) in [5.74, 6) is 1.46. The van der Waals surface area contributed by atoms with Crippen molar-refractivity contribution in [3.05, 3.63) is 23.4 Å². The number of aromatic nitrogens is 2. The summed E-state index contributed by atoms with van der Waals surface area (Å²) in [5, 5.41) is 9.27. The molecular weight excluding hydrogens is 336 g/mol. The fourth-order valence-corrected chi connectivity index (χ4v) is 3.16. The second kappa shape index (κ2) is 9.00. The molecule has 2 aromatic heterocycles. The lowest BCUT2D eigenvalue weighted by atomic mass is 10.2. The Hall–Kier alpha value is -1.44. The van der Waals surface area contributed by atoms with Crippen LogP contribution in [0.4, 0.5) is 0 Å². The lowest BCUT2D eigenvalue weighted by Crippen LogP contribution is -2.34. The van der Waals surface area contributed by atoms with Gasteiger partial charge in [-0.25, -0.2) is 0 Å². The summed E-state index contributed by atoms with van der Waals surface area (Å²) in [5.41, 5.74) is 0. The SMILES string of the molecule is Cl.O=C(CCCc1nc(-c2cccs2)no1)N1CCCNCC1. The Morgan fingerprint density at radius 2 is 2.30 bits per heavy atom. The zero-order valence-electron chi connectivity index (χ0n) is 12.9. The van der Waals surface area contributed by atoms with Crippen molar-refractivity contribution in [2.45, 2.75) is 25.7 Å². The Kier molecular flexibility index (Phi) is 7.01. The zero-order chi connectivity index (χ0) is 15.2. The Labute approximate surface area is 145 Å². The number of rotatable bonds is 5. The van der Waals surface area contributed by atoms with Gasteiger partial charge in [0.1, 0.15) is 0 Å². The number of halogens is 1. The molecule has 23 heavy (non-hydrogen) atoms. The van der Waals surface area contributed by atoms with Crippen molar-refractivity contribution in [3.63, 3.8) is 0 Å². The van der Waals surface area contributed by atoms with Gasteiger partial charge in [0.15, 0.2) is 0 Å². The van der Waals surface area contributed by atoms with E-state index in [-0.39, 0.29) is 18.3 Å². The van der Waals surface area contributed by atoms with Crippen molar-refractivity contribution in [1.82, 2.24) is 20.4 Å². The normalized spacial score (nSPS) is 15.0. The smallest absolute Gasteiger partial charge is 0.226 e. The van der Waals surface area contributed by atoms with Crippen LogP contribution in [0.1, 0.15) is 25.2 Å². The molecule has 1 aliphatic rings. The van der Waals surface area contributed by atoms with Gasteiger partial charge in [0, 0.05) is 32.5 Å². The Bertz CT molecular complexity index is 594. The third-order valence-electron chi connectivity index (χ3n) is 3.68. The molecule has 126 valence electrons. The van der Waals surface area contributed by atoms with Gasteiger partial charge in [0.2, 0.25) is 17.6 Å². The van der Waals surface area contributed by atoms with E-state index in [9.17, 15) is 4.79 Å². The molecule has 0 unspecified atom stereocenters. The van der Waals surface area contributed by atoms with Crippen LogP contribution in [-0.4, -0.2) is 47.1 Å². The summed E-state index contributed by atoms with van der Waals surface area (Å²) in [6.45, 7) is 3.55. The molecule has 1 fully saturated rings. The van der Waals surface area contributed by atoms with Crippen LogP contribution >= 0.6 is 23.7 Å². The van der Waals surface area contributed by atoms with Gasteiger partial charge in [-0.15, -0.1) is 23.7 Å². The highest BCUT2D eigenvalue weighted by Gasteiger charge is 2.15. The average Bonchev–Trinajstić information content (AvgIpc) is 3.13. The minimum atomic E-state index is 0. The molecule has 0 atom stereocenters. The van der Waals surface area contributed by atoms with E-state index in [0.717, 1.165) is 43.9 Å². The van der Waals surface area contributed by atoms with Crippen molar-refractivity contribution in [3.8, 4) is 10.7 Å². The van der Waals surface area contributed by atoms with Crippen molar-refractivity contribution in [2.24, 2.45) is 0 Å². The molecule has 0 bridgehead atoms. The second-order valence-corrected chi connectivity index (χ2v) is 6.27. The van der Waals surface area contributed by atoms with E-state index in [1.807, 2.05) is 22.4 Å². The monoisotopic (exact) mass is 356 g/mol.